The van der Waals surface area contributed by atoms with E-state index < -0.39 is 34.3 Å². The van der Waals surface area contributed by atoms with E-state index in [2.05, 4.69) is 5.32 Å². The summed E-state index contributed by atoms with van der Waals surface area (Å²) in [5.74, 6) is -1.04. The summed E-state index contributed by atoms with van der Waals surface area (Å²) >= 11 is 6.35. The van der Waals surface area contributed by atoms with Gasteiger partial charge in [0.1, 0.15) is 24.2 Å². The molecule has 1 aliphatic rings. The predicted octanol–water partition coefficient (Wildman–Crippen LogP) is 5.55. The molecule has 1 saturated carbocycles. The Kier molecular flexibility index (Phi) is 10.5. The van der Waals surface area contributed by atoms with Crippen LogP contribution < -0.4 is 14.4 Å². The summed E-state index contributed by atoms with van der Waals surface area (Å²) in [6, 6.07) is 16.9. The number of sulfonamides is 1. The fraction of sp³-hybridized carbons (Fsp3) is 0.355. The topological polar surface area (TPSA) is 96.0 Å². The Morgan fingerprint density at radius 2 is 1.69 bits per heavy atom. The van der Waals surface area contributed by atoms with Gasteiger partial charge in [0.15, 0.2) is 0 Å². The first-order chi connectivity index (χ1) is 20.1. The molecule has 1 atom stereocenters. The molecular weight excluding hydrogens is 581 g/mol. The normalized spacial score (nSPS) is 14.6. The lowest BCUT2D eigenvalue weighted by Crippen LogP contribution is -2.53. The molecule has 0 aromatic heterocycles. The summed E-state index contributed by atoms with van der Waals surface area (Å²) in [4.78, 5) is 28.7. The maximum Gasteiger partial charge on any atom is 0.264 e. The van der Waals surface area contributed by atoms with E-state index in [0.717, 1.165) is 36.4 Å². The number of anilines is 1. The Balaban J connectivity index is 1.69. The van der Waals surface area contributed by atoms with Gasteiger partial charge in [0.05, 0.1) is 22.7 Å². The zero-order valence-corrected chi connectivity index (χ0v) is 25.2. The number of hydrogen-bond acceptors (Lipinski definition) is 5. The molecule has 224 valence electrons. The zero-order valence-electron chi connectivity index (χ0n) is 23.6. The number of nitrogens with one attached hydrogen (secondary N) is 1. The van der Waals surface area contributed by atoms with Crippen LogP contribution in [0.15, 0.2) is 77.7 Å². The second kappa shape index (κ2) is 14.0. The first kappa shape index (κ1) is 31.3. The highest BCUT2D eigenvalue weighted by Gasteiger charge is 2.33. The standard InChI is InChI=1S/C31H35ClFN3O5S/c1-22(31(38)34-25-9-5-3-6-10-25)35(20-23-13-15-24(33)16-14-23)30(37)21-36(26-17-18-29(41-2)28(32)19-26)42(39,40)27-11-7-4-8-12-27/h4,7-8,11-19,22,25H,3,5-6,9-10,20-21H2,1-2H3,(H,34,38)/t22-/m0/s1. The third-order valence-corrected chi connectivity index (χ3v) is 9.50. The zero-order chi connectivity index (χ0) is 30.3. The minimum Gasteiger partial charge on any atom is -0.495 e. The average Bonchev–Trinajstić information content (AvgIpc) is 3.00. The number of ether oxygens (including phenoxy) is 1. The average molecular weight is 616 g/mol. The summed E-state index contributed by atoms with van der Waals surface area (Å²) < 4.78 is 47.6. The number of methoxy groups -OCH3 is 1. The fourth-order valence-corrected chi connectivity index (χ4v) is 6.68. The van der Waals surface area contributed by atoms with Crippen LogP contribution in [-0.2, 0) is 26.2 Å². The van der Waals surface area contributed by atoms with Crippen LogP contribution in [-0.4, -0.2) is 50.9 Å². The van der Waals surface area contributed by atoms with Gasteiger partial charge in [-0.05, 0) is 67.8 Å². The molecular formula is C31H35ClFN3O5S. The SMILES string of the molecule is COc1ccc(N(CC(=O)N(Cc2ccc(F)cc2)[C@@H](C)C(=O)NC2CCCCC2)S(=O)(=O)c2ccccc2)cc1Cl. The van der Waals surface area contributed by atoms with Crippen LogP contribution in [0.1, 0.15) is 44.6 Å². The number of rotatable bonds is 11. The summed E-state index contributed by atoms with van der Waals surface area (Å²) in [5.41, 5.74) is 0.742. The van der Waals surface area contributed by atoms with Gasteiger partial charge >= 0.3 is 0 Å². The number of halogens is 2. The van der Waals surface area contributed by atoms with Crippen LogP contribution in [0.5, 0.6) is 5.75 Å². The van der Waals surface area contributed by atoms with E-state index in [1.807, 2.05) is 0 Å². The van der Waals surface area contributed by atoms with Gasteiger partial charge in [0, 0.05) is 12.6 Å². The van der Waals surface area contributed by atoms with Crippen LogP contribution >= 0.6 is 11.6 Å². The maximum absolute atomic E-state index is 14.0. The Hall–Kier alpha value is -3.63. The fourth-order valence-electron chi connectivity index (χ4n) is 5.00. The molecule has 0 radical (unpaired) electrons. The molecule has 2 amide bonds. The number of nitrogens with zero attached hydrogens (tertiary/aromatic N) is 2. The minimum atomic E-state index is -4.23. The molecule has 0 aliphatic heterocycles. The molecule has 0 saturated heterocycles. The van der Waals surface area contributed by atoms with Gasteiger partial charge in [0.25, 0.3) is 10.0 Å². The number of amides is 2. The molecule has 3 aromatic carbocycles. The van der Waals surface area contributed by atoms with Crippen molar-refractivity contribution in [2.45, 2.75) is 62.6 Å². The van der Waals surface area contributed by atoms with Gasteiger partial charge in [-0.2, -0.15) is 0 Å². The number of carbonyl (C=O) groups excluding carboxylic acids is 2. The Morgan fingerprint density at radius 3 is 2.31 bits per heavy atom. The first-order valence-electron chi connectivity index (χ1n) is 13.9. The van der Waals surface area contributed by atoms with Crippen molar-refractivity contribution in [3.8, 4) is 5.75 Å². The van der Waals surface area contributed by atoms with Crippen LogP contribution in [0.4, 0.5) is 10.1 Å². The Labute approximate surface area is 251 Å². The van der Waals surface area contributed by atoms with Gasteiger partial charge in [-0.1, -0.05) is 61.2 Å². The van der Waals surface area contributed by atoms with Crippen molar-refractivity contribution in [2.24, 2.45) is 0 Å². The predicted molar refractivity (Wildman–Crippen MR) is 160 cm³/mol. The van der Waals surface area contributed by atoms with Crippen molar-refractivity contribution >= 4 is 39.1 Å². The molecule has 42 heavy (non-hydrogen) atoms. The number of carbonyl (C=O) groups is 2. The number of hydrogen-bond donors (Lipinski definition) is 1. The van der Waals surface area contributed by atoms with E-state index >= 15 is 0 Å². The third-order valence-electron chi connectivity index (χ3n) is 7.42. The second-order valence-electron chi connectivity index (χ2n) is 10.3. The molecule has 8 nitrogen and oxygen atoms in total. The van der Waals surface area contributed by atoms with Gasteiger partial charge in [0.2, 0.25) is 11.8 Å². The van der Waals surface area contributed by atoms with Gasteiger partial charge in [-0.15, -0.1) is 0 Å². The smallest absolute Gasteiger partial charge is 0.264 e. The van der Waals surface area contributed by atoms with Crippen molar-refractivity contribution in [1.29, 1.82) is 0 Å². The highest BCUT2D eigenvalue weighted by molar-refractivity contribution is 7.92. The lowest BCUT2D eigenvalue weighted by Gasteiger charge is -2.33. The number of benzene rings is 3. The second-order valence-corrected chi connectivity index (χ2v) is 12.6. The van der Waals surface area contributed by atoms with Gasteiger partial charge in [-0.25, -0.2) is 12.8 Å². The van der Waals surface area contributed by atoms with E-state index in [1.165, 1.54) is 66.6 Å². The van der Waals surface area contributed by atoms with Crippen molar-refractivity contribution < 1.29 is 27.1 Å². The van der Waals surface area contributed by atoms with Crippen molar-refractivity contribution in [2.75, 3.05) is 18.0 Å². The van der Waals surface area contributed by atoms with Crippen molar-refractivity contribution in [3.63, 3.8) is 0 Å². The molecule has 0 bridgehead atoms. The van der Waals surface area contributed by atoms with E-state index in [1.54, 1.807) is 25.1 Å². The molecule has 1 N–H and O–H groups in total. The van der Waals surface area contributed by atoms with E-state index in [4.69, 9.17) is 16.3 Å². The van der Waals surface area contributed by atoms with E-state index in [-0.39, 0.29) is 34.1 Å². The lowest BCUT2D eigenvalue weighted by molar-refractivity contribution is -0.139. The molecule has 0 unspecified atom stereocenters. The first-order valence-corrected chi connectivity index (χ1v) is 15.7. The summed E-state index contributed by atoms with van der Waals surface area (Å²) in [5, 5.41) is 3.22. The summed E-state index contributed by atoms with van der Waals surface area (Å²) in [6.07, 6.45) is 4.90. The Morgan fingerprint density at radius 1 is 1.02 bits per heavy atom. The quantitative estimate of drug-likeness (QED) is 0.305. The van der Waals surface area contributed by atoms with E-state index in [9.17, 15) is 22.4 Å². The highest BCUT2D eigenvalue weighted by Crippen LogP contribution is 2.32. The Bertz CT molecular complexity index is 1480. The monoisotopic (exact) mass is 615 g/mol. The maximum atomic E-state index is 14.0. The molecule has 0 spiro atoms. The van der Waals surface area contributed by atoms with Crippen LogP contribution in [0.3, 0.4) is 0 Å². The van der Waals surface area contributed by atoms with Crippen molar-refractivity contribution in [1.82, 2.24) is 10.2 Å². The van der Waals surface area contributed by atoms with Gasteiger partial charge < -0.3 is 15.0 Å². The van der Waals surface area contributed by atoms with Gasteiger partial charge in [-0.3, -0.25) is 13.9 Å². The lowest BCUT2D eigenvalue weighted by atomic mass is 9.95. The van der Waals surface area contributed by atoms with Crippen LogP contribution in [0.25, 0.3) is 0 Å². The molecule has 1 aliphatic carbocycles. The summed E-state index contributed by atoms with van der Waals surface area (Å²) in [6.45, 7) is 0.975. The van der Waals surface area contributed by atoms with Crippen molar-refractivity contribution in [3.05, 3.63) is 89.2 Å². The molecule has 3 aromatic rings. The molecule has 4 rings (SSSR count). The third kappa shape index (κ3) is 7.60. The van der Waals surface area contributed by atoms with Crippen LogP contribution in [0, 0.1) is 5.82 Å². The summed E-state index contributed by atoms with van der Waals surface area (Å²) in [7, 11) is -2.79. The van der Waals surface area contributed by atoms with E-state index in [0.29, 0.717) is 11.3 Å². The highest BCUT2D eigenvalue weighted by atomic mass is 35.5. The molecule has 11 heteroatoms. The largest absolute Gasteiger partial charge is 0.495 e. The molecule has 0 heterocycles. The minimum absolute atomic E-state index is 0.0158. The van der Waals surface area contributed by atoms with Crippen LogP contribution in [0.2, 0.25) is 5.02 Å². The molecule has 1 fully saturated rings.